The number of alkyl halides is 3. The van der Waals surface area contributed by atoms with Crippen LogP contribution in [0.15, 0.2) is 12.1 Å². The van der Waals surface area contributed by atoms with Gasteiger partial charge in [-0.3, -0.25) is 4.79 Å². The monoisotopic (exact) mass is 276 g/mol. The van der Waals surface area contributed by atoms with Crippen molar-refractivity contribution in [3.63, 3.8) is 0 Å². The van der Waals surface area contributed by atoms with E-state index in [9.17, 15) is 18.0 Å². The van der Waals surface area contributed by atoms with Gasteiger partial charge in [0, 0.05) is 20.6 Å². The van der Waals surface area contributed by atoms with Crippen molar-refractivity contribution in [2.75, 3.05) is 25.5 Å². The van der Waals surface area contributed by atoms with Gasteiger partial charge in [0.05, 0.1) is 5.92 Å². The van der Waals surface area contributed by atoms with E-state index >= 15 is 0 Å². The smallest absolute Gasteiger partial charge is 0.359 e. The number of aromatic nitrogens is 2. The lowest BCUT2D eigenvalue weighted by Gasteiger charge is -2.21. The second-order valence-corrected chi connectivity index (χ2v) is 4.17. The van der Waals surface area contributed by atoms with Gasteiger partial charge in [-0.2, -0.15) is 13.2 Å². The van der Waals surface area contributed by atoms with Crippen molar-refractivity contribution in [2.24, 2.45) is 5.92 Å². The molecule has 0 fully saturated rings. The Kier molecular flexibility index (Phi) is 4.68. The fourth-order valence-corrected chi connectivity index (χ4v) is 1.51. The number of hydrogen-bond acceptors (Lipinski definition) is 4. The normalized spacial score (nSPS) is 12.9. The maximum atomic E-state index is 12.3. The van der Waals surface area contributed by atoms with Gasteiger partial charge in [0.1, 0.15) is 0 Å². The van der Waals surface area contributed by atoms with Crippen molar-refractivity contribution in [3.8, 4) is 0 Å². The molecule has 0 aliphatic heterocycles. The standard InChI is InChI=1S/C11H15F3N4O/c1-7(10(19)15-2)6-18(3)9-5-4-8(16-17-9)11(12,13)14/h4-5,7H,6H2,1-3H3,(H,15,19). The van der Waals surface area contributed by atoms with Gasteiger partial charge < -0.3 is 10.2 Å². The Bertz CT molecular complexity index is 433. The van der Waals surface area contributed by atoms with E-state index in [1.807, 2.05) is 0 Å². The summed E-state index contributed by atoms with van der Waals surface area (Å²) in [4.78, 5) is 12.9. The van der Waals surface area contributed by atoms with Gasteiger partial charge in [-0.25, -0.2) is 0 Å². The molecule has 1 unspecified atom stereocenters. The molecule has 0 radical (unpaired) electrons. The van der Waals surface area contributed by atoms with E-state index in [1.54, 1.807) is 18.9 Å². The number of nitrogens with zero attached hydrogens (tertiary/aromatic N) is 3. The van der Waals surface area contributed by atoms with Gasteiger partial charge >= 0.3 is 6.18 Å². The Morgan fingerprint density at radius 3 is 2.47 bits per heavy atom. The lowest BCUT2D eigenvalue weighted by molar-refractivity contribution is -0.141. The van der Waals surface area contributed by atoms with Crippen LogP contribution in [0.3, 0.4) is 0 Å². The van der Waals surface area contributed by atoms with E-state index in [0.29, 0.717) is 6.54 Å². The highest BCUT2D eigenvalue weighted by Crippen LogP contribution is 2.27. The van der Waals surface area contributed by atoms with Crippen molar-refractivity contribution in [1.29, 1.82) is 0 Å². The summed E-state index contributed by atoms with van der Waals surface area (Å²) in [5.74, 6) is -0.172. The lowest BCUT2D eigenvalue weighted by Crippen LogP contribution is -2.34. The topological polar surface area (TPSA) is 58.1 Å². The predicted molar refractivity (Wildman–Crippen MR) is 63.5 cm³/mol. The highest BCUT2D eigenvalue weighted by atomic mass is 19.4. The third kappa shape index (κ3) is 4.08. The highest BCUT2D eigenvalue weighted by Gasteiger charge is 2.33. The summed E-state index contributed by atoms with van der Waals surface area (Å²) in [6.07, 6.45) is -4.50. The van der Waals surface area contributed by atoms with Crippen molar-refractivity contribution >= 4 is 11.7 Å². The van der Waals surface area contributed by atoms with Gasteiger partial charge in [0.15, 0.2) is 11.5 Å². The molecule has 19 heavy (non-hydrogen) atoms. The average molecular weight is 276 g/mol. The zero-order valence-electron chi connectivity index (χ0n) is 10.8. The molecule has 1 atom stereocenters. The molecule has 0 bridgehead atoms. The summed E-state index contributed by atoms with van der Waals surface area (Å²) in [6, 6.07) is 2.09. The molecule has 1 aromatic heterocycles. The number of carbonyl (C=O) groups is 1. The van der Waals surface area contributed by atoms with Crippen LogP contribution in [-0.4, -0.2) is 36.7 Å². The number of rotatable bonds is 4. The summed E-state index contributed by atoms with van der Waals surface area (Å²) in [5.41, 5.74) is -1.04. The van der Waals surface area contributed by atoms with Crippen LogP contribution >= 0.6 is 0 Å². The third-order valence-electron chi connectivity index (χ3n) is 2.57. The van der Waals surface area contributed by atoms with Gasteiger partial charge in [-0.1, -0.05) is 6.92 Å². The average Bonchev–Trinajstić information content (AvgIpc) is 2.36. The van der Waals surface area contributed by atoms with Crippen LogP contribution in [0, 0.1) is 5.92 Å². The quantitative estimate of drug-likeness (QED) is 0.901. The van der Waals surface area contributed by atoms with Crippen molar-refractivity contribution in [2.45, 2.75) is 13.1 Å². The molecule has 0 aromatic carbocycles. The second kappa shape index (κ2) is 5.85. The number of anilines is 1. The molecular formula is C11H15F3N4O. The van der Waals surface area contributed by atoms with E-state index in [1.165, 1.54) is 13.1 Å². The summed E-state index contributed by atoms with van der Waals surface area (Å²) >= 11 is 0. The number of amides is 1. The highest BCUT2D eigenvalue weighted by molar-refractivity contribution is 5.78. The largest absolute Gasteiger partial charge is 0.435 e. The van der Waals surface area contributed by atoms with Crippen LogP contribution in [0.1, 0.15) is 12.6 Å². The van der Waals surface area contributed by atoms with Crippen LogP contribution in [-0.2, 0) is 11.0 Å². The van der Waals surface area contributed by atoms with E-state index in [4.69, 9.17) is 0 Å². The molecule has 0 saturated heterocycles. The van der Waals surface area contributed by atoms with E-state index < -0.39 is 11.9 Å². The molecule has 1 heterocycles. The van der Waals surface area contributed by atoms with Crippen LogP contribution in [0.4, 0.5) is 19.0 Å². The minimum absolute atomic E-state index is 0.147. The fraction of sp³-hybridized carbons (Fsp3) is 0.545. The van der Waals surface area contributed by atoms with Crippen molar-refractivity contribution in [1.82, 2.24) is 15.5 Å². The maximum absolute atomic E-state index is 12.3. The van der Waals surface area contributed by atoms with Crippen molar-refractivity contribution < 1.29 is 18.0 Å². The molecular weight excluding hydrogens is 261 g/mol. The van der Waals surface area contributed by atoms with Crippen LogP contribution in [0.5, 0.6) is 0 Å². The Balaban J connectivity index is 2.73. The fourth-order valence-electron chi connectivity index (χ4n) is 1.51. The van der Waals surface area contributed by atoms with E-state index in [2.05, 4.69) is 15.5 Å². The van der Waals surface area contributed by atoms with Gasteiger partial charge in [-0.05, 0) is 12.1 Å². The second-order valence-electron chi connectivity index (χ2n) is 4.17. The molecule has 0 aliphatic carbocycles. The first-order valence-electron chi connectivity index (χ1n) is 5.59. The van der Waals surface area contributed by atoms with E-state index in [-0.39, 0.29) is 17.6 Å². The minimum atomic E-state index is -4.50. The Morgan fingerprint density at radius 2 is 2.05 bits per heavy atom. The number of carbonyl (C=O) groups excluding carboxylic acids is 1. The molecule has 1 amide bonds. The van der Waals surface area contributed by atoms with E-state index in [0.717, 1.165) is 6.07 Å². The first kappa shape index (κ1) is 15.2. The zero-order chi connectivity index (χ0) is 14.6. The Labute approximate surface area is 108 Å². The summed E-state index contributed by atoms with van der Waals surface area (Å²) in [7, 11) is 3.16. The summed E-state index contributed by atoms with van der Waals surface area (Å²) < 4.78 is 36.9. The lowest BCUT2D eigenvalue weighted by atomic mass is 10.1. The summed E-state index contributed by atoms with van der Waals surface area (Å²) in [6.45, 7) is 2.05. The molecule has 1 N–H and O–H groups in total. The summed E-state index contributed by atoms with van der Waals surface area (Å²) in [5, 5.41) is 9.13. The first-order valence-corrected chi connectivity index (χ1v) is 5.59. The molecule has 0 aliphatic rings. The molecule has 8 heteroatoms. The van der Waals surface area contributed by atoms with Crippen molar-refractivity contribution in [3.05, 3.63) is 17.8 Å². The molecule has 0 saturated carbocycles. The molecule has 5 nitrogen and oxygen atoms in total. The zero-order valence-corrected chi connectivity index (χ0v) is 10.8. The predicted octanol–water partition coefficient (Wildman–Crippen LogP) is 1.31. The number of hydrogen-bond donors (Lipinski definition) is 1. The number of nitrogens with one attached hydrogen (secondary N) is 1. The first-order chi connectivity index (χ1) is 8.75. The molecule has 106 valence electrons. The Morgan fingerprint density at radius 1 is 1.42 bits per heavy atom. The third-order valence-corrected chi connectivity index (χ3v) is 2.57. The van der Waals surface area contributed by atoms with Crippen LogP contribution in [0.25, 0.3) is 0 Å². The SMILES string of the molecule is CNC(=O)C(C)CN(C)c1ccc(C(F)(F)F)nn1. The molecule has 0 spiro atoms. The van der Waals surface area contributed by atoms with Gasteiger partial charge in [-0.15, -0.1) is 10.2 Å². The van der Waals surface area contributed by atoms with Gasteiger partial charge in [0.25, 0.3) is 0 Å². The molecule has 1 aromatic rings. The van der Waals surface area contributed by atoms with Crippen LogP contribution in [0.2, 0.25) is 0 Å². The van der Waals surface area contributed by atoms with Crippen LogP contribution < -0.4 is 10.2 Å². The van der Waals surface area contributed by atoms with Gasteiger partial charge in [0.2, 0.25) is 5.91 Å². The number of halogens is 3. The Hall–Kier alpha value is -1.86. The molecule has 1 rings (SSSR count). The minimum Gasteiger partial charge on any atom is -0.359 e. The maximum Gasteiger partial charge on any atom is 0.435 e.